The Hall–Kier alpha value is -2.30. The zero-order chi connectivity index (χ0) is 16.2. The van der Waals surface area contributed by atoms with Gasteiger partial charge in [-0.3, -0.25) is 9.59 Å². The van der Waals surface area contributed by atoms with Gasteiger partial charge in [0.25, 0.3) is 5.91 Å². The molecule has 1 atom stereocenters. The number of allylic oxidation sites excluding steroid dienone is 2. The molecule has 0 spiro atoms. The molecule has 1 saturated carbocycles. The van der Waals surface area contributed by atoms with Crippen molar-refractivity contribution in [2.75, 3.05) is 12.4 Å². The van der Waals surface area contributed by atoms with E-state index in [1.54, 1.807) is 25.3 Å². The van der Waals surface area contributed by atoms with Gasteiger partial charge in [-0.2, -0.15) is 0 Å². The number of carbonyl (C=O) groups is 2. The van der Waals surface area contributed by atoms with E-state index in [1.807, 2.05) is 6.08 Å². The molecule has 3 rings (SSSR count). The fourth-order valence-corrected chi connectivity index (χ4v) is 2.70. The van der Waals surface area contributed by atoms with E-state index in [2.05, 4.69) is 16.7 Å². The zero-order valence-electron chi connectivity index (χ0n) is 13.3. The zero-order valence-corrected chi connectivity index (χ0v) is 13.3. The smallest absolute Gasteiger partial charge is 0.253 e. The van der Waals surface area contributed by atoms with Gasteiger partial charge in [0.1, 0.15) is 5.75 Å². The van der Waals surface area contributed by atoms with Crippen LogP contribution in [0, 0.1) is 5.92 Å². The Bertz CT molecular complexity index is 635. The summed E-state index contributed by atoms with van der Waals surface area (Å²) in [6.07, 6.45) is 8.72. The Morgan fingerprint density at radius 2 is 2.00 bits per heavy atom. The van der Waals surface area contributed by atoms with Crippen molar-refractivity contribution in [3.05, 3.63) is 35.9 Å². The van der Waals surface area contributed by atoms with E-state index in [0.717, 1.165) is 32.1 Å². The first-order chi connectivity index (χ1) is 11.2. The maximum atomic E-state index is 12.4. The first-order valence-corrected chi connectivity index (χ1v) is 8.12. The molecule has 0 unspecified atom stereocenters. The van der Waals surface area contributed by atoms with Crippen LogP contribution in [-0.2, 0) is 4.79 Å². The quantitative estimate of drug-likeness (QED) is 0.821. The third kappa shape index (κ3) is 3.92. The molecule has 2 aliphatic rings. The number of carbonyl (C=O) groups excluding carboxylic acids is 2. The molecule has 1 aromatic rings. The van der Waals surface area contributed by atoms with Crippen LogP contribution in [0.25, 0.3) is 0 Å². The number of anilines is 1. The minimum absolute atomic E-state index is 0.0264. The van der Waals surface area contributed by atoms with Gasteiger partial charge in [-0.1, -0.05) is 12.2 Å². The summed E-state index contributed by atoms with van der Waals surface area (Å²) >= 11 is 0. The Labute approximate surface area is 136 Å². The average molecular weight is 314 g/mol. The van der Waals surface area contributed by atoms with Crippen molar-refractivity contribution in [3.63, 3.8) is 0 Å². The Kier molecular flexibility index (Phi) is 4.65. The topological polar surface area (TPSA) is 67.4 Å². The van der Waals surface area contributed by atoms with Crippen molar-refractivity contribution in [1.82, 2.24) is 5.32 Å². The van der Waals surface area contributed by atoms with Crippen LogP contribution in [0.1, 0.15) is 42.5 Å². The number of hydrogen-bond donors (Lipinski definition) is 2. The largest absolute Gasteiger partial charge is 0.497 e. The molecule has 2 N–H and O–H groups in total. The molecule has 5 nitrogen and oxygen atoms in total. The summed E-state index contributed by atoms with van der Waals surface area (Å²) in [5.74, 6) is 0.385. The second-order valence-electron chi connectivity index (χ2n) is 6.13. The highest BCUT2D eigenvalue weighted by atomic mass is 16.5. The molecule has 5 heteroatoms. The number of nitrogens with one attached hydrogen (secondary N) is 2. The van der Waals surface area contributed by atoms with Crippen molar-refractivity contribution < 1.29 is 14.3 Å². The summed E-state index contributed by atoms with van der Waals surface area (Å²) in [6.45, 7) is 0. The molecular weight excluding hydrogens is 292 g/mol. The lowest BCUT2D eigenvalue weighted by molar-refractivity contribution is -0.120. The Morgan fingerprint density at radius 1 is 1.17 bits per heavy atom. The second kappa shape index (κ2) is 6.86. The summed E-state index contributed by atoms with van der Waals surface area (Å²) in [7, 11) is 1.56. The van der Waals surface area contributed by atoms with Crippen molar-refractivity contribution in [1.29, 1.82) is 0 Å². The third-order valence-corrected chi connectivity index (χ3v) is 4.28. The van der Waals surface area contributed by atoms with Crippen LogP contribution in [-0.4, -0.2) is 25.0 Å². The Balaban J connectivity index is 1.77. The molecule has 0 bridgehead atoms. The van der Waals surface area contributed by atoms with Crippen LogP contribution in [0.4, 0.5) is 5.69 Å². The molecular formula is C18H22N2O3. The molecule has 0 aliphatic heterocycles. The monoisotopic (exact) mass is 314 g/mol. The lowest BCUT2D eigenvalue weighted by Gasteiger charge is -2.19. The average Bonchev–Trinajstić information content (AvgIpc) is 3.39. The SMILES string of the molecule is COc1ccc(NC(=O)[C@H]2CC=CCC2)c(C(=O)NC2CC2)c1. The van der Waals surface area contributed by atoms with E-state index in [1.165, 1.54) is 0 Å². The highest BCUT2D eigenvalue weighted by Gasteiger charge is 2.26. The summed E-state index contributed by atoms with van der Waals surface area (Å²) in [5, 5.41) is 5.87. The predicted molar refractivity (Wildman–Crippen MR) is 88.6 cm³/mol. The molecule has 2 aliphatic carbocycles. The van der Waals surface area contributed by atoms with Crippen LogP contribution in [0.15, 0.2) is 30.4 Å². The van der Waals surface area contributed by atoms with Gasteiger partial charge in [0.05, 0.1) is 18.4 Å². The normalized spacial score (nSPS) is 20.0. The lowest BCUT2D eigenvalue weighted by atomic mass is 9.93. The van der Waals surface area contributed by atoms with Crippen molar-refractivity contribution in [2.24, 2.45) is 5.92 Å². The molecule has 1 aromatic carbocycles. The molecule has 2 amide bonds. The van der Waals surface area contributed by atoms with E-state index >= 15 is 0 Å². The van der Waals surface area contributed by atoms with E-state index < -0.39 is 0 Å². The standard InChI is InChI=1S/C18H22N2O3/c1-23-14-9-10-16(15(11-14)18(22)19-13-7-8-13)20-17(21)12-5-3-2-4-6-12/h2-3,9-13H,4-8H2,1H3,(H,19,22)(H,20,21)/t12-/m0/s1. The maximum Gasteiger partial charge on any atom is 0.253 e. The Morgan fingerprint density at radius 3 is 2.65 bits per heavy atom. The first-order valence-electron chi connectivity index (χ1n) is 8.12. The summed E-state index contributed by atoms with van der Waals surface area (Å²) < 4.78 is 5.20. The number of ether oxygens (including phenoxy) is 1. The van der Waals surface area contributed by atoms with Crippen LogP contribution in [0.2, 0.25) is 0 Å². The number of amides is 2. The highest BCUT2D eigenvalue weighted by Crippen LogP contribution is 2.26. The van der Waals surface area contributed by atoms with Crippen molar-refractivity contribution in [2.45, 2.75) is 38.1 Å². The molecule has 0 heterocycles. The van der Waals surface area contributed by atoms with Gasteiger partial charge in [-0.25, -0.2) is 0 Å². The summed E-state index contributed by atoms with van der Waals surface area (Å²) in [6, 6.07) is 5.43. The molecule has 1 fully saturated rings. The van der Waals surface area contributed by atoms with Crippen molar-refractivity contribution in [3.8, 4) is 5.75 Å². The van der Waals surface area contributed by atoms with Gasteiger partial charge >= 0.3 is 0 Å². The van der Waals surface area contributed by atoms with Crippen molar-refractivity contribution >= 4 is 17.5 Å². The van der Waals surface area contributed by atoms with E-state index in [-0.39, 0.29) is 23.8 Å². The van der Waals surface area contributed by atoms with Gasteiger partial charge < -0.3 is 15.4 Å². The number of rotatable bonds is 5. The van der Waals surface area contributed by atoms with Crippen LogP contribution in [0.3, 0.4) is 0 Å². The van der Waals surface area contributed by atoms with Crippen LogP contribution in [0.5, 0.6) is 5.75 Å². The van der Waals surface area contributed by atoms with Gasteiger partial charge in [0.2, 0.25) is 5.91 Å². The van der Waals surface area contributed by atoms with Gasteiger partial charge in [0.15, 0.2) is 0 Å². The lowest BCUT2D eigenvalue weighted by Crippen LogP contribution is -2.28. The molecule has 23 heavy (non-hydrogen) atoms. The maximum absolute atomic E-state index is 12.4. The molecule has 122 valence electrons. The van der Waals surface area contributed by atoms with E-state index in [0.29, 0.717) is 17.0 Å². The molecule has 0 saturated heterocycles. The number of hydrogen-bond acceptors (Lipinski definition) is 3. The molecule has 0 radical (unpaired) electrons. The van der Waals surface area contributed by atoms with E-state index in [9.17, 15) is 9.59 Å². The number of benzene rings is 1. The third-order valence-electron chi connectivity index (χ3n) is 4.28. The predicted octanol–water partition coefficient (Wildman–Crippen LogP) is 2.88. The molecule has 0 aromatic heterocycles. The minimum atomic E-state index is -0.162. The van der Waals surface area contributed by atoms with Gasteiger partial charge in [-0.15, -0.1) is 0 Å². The first kappa shape index (κ1) is 15.6. The summed E-state index contributed by atoms with van der Waals surface area (Å²) in [4.78, 5) is 24.8. The van der Waals surface area contributed by atoms with Crippen LogP contribution < -0.4 is 15.4 Å². The van der Waals surface area contributed by atoms with Gasteiger partial charge in [-0.05, 0) is 50.3 Å². The van der Waals surface area contributed by atoms with E-state index in [4.69, 9.17) is 4.74 Å². The summed E-state index contributed by atoms with van der Waals surface area (Å²) in [5.41, 5.74) is 0.999. The van der Waals surface area contributed by atoms with Gasteiger partial charge in [0, 0.05) is 12.0 Å². The highest BCUT2D eigenvalue weighted by molar-refractivity contribution is 6.04. The fraction of sp³-hybridized carbons (Fsp3) is 0.444. The second-order valence-corrected chi connectivity index (χ2v) is 6.13. The number of methoxy groups -OCH3 is 1. The minimum Gasteiger partial charge on any atom is -0.497 e. The fourth-order valence-electron chi connectivity index (χ4n) is 2.70. The van der Waals surface area contributed by atoms with Crippen LogP contribution >= 0.6 is 0 Å².